The number of halogens is 1. The highest BCUT2D eigenvalue weighted by atomic mass is 35.5. The predicted molar refractivity (Wildman–Crippen MR) is 130 cm³/mol. The molecule has 3 aromatic rings. The number of anilines is 1. The van der Waals surface area contributed by atoms with Crippen LogP contribution in [0.4, 0.5) is 5.82 Å². The monoisotopic (exact) mass is 526 g/mol. The molecule has 1 aromatic carbocycles. The lowest BCUT2D eigenvalue weighted by Gasteiger charge is -2.15. The molecule has 0 saturated carbocycles. The molecule has 0 aliphatic rings. The van der Waals surface area contributed by atoms with Gasteiger partial charge < -0.3 is 14.2 Å². The molecule has 0 aliphatic heterocycles. The van der Waals surface area contributed by atoms with Crippen LogP contribution in [0, 0.1) is 0 Å². The Morgan fingerprint density at radius 1 is 1.09 bits per heavy atom. The minimum absolute atomic E-state index is 0.0281. The summed E-state index contributed by atoms with van der Waals surface area (Å²) in [7, 11) is -2.33. The quantitative estimate of drug-likeness (QED) is 0.267. The zero-order chi connectivity index (χ0) is 24.6. The SMILES string of the molecule is CCNS(=O)(=O)Nc1ncnc(OCCOc2cc(OC)ccc2Cl)c1-c1ncc(SC)cn1. The smallest absolute Gasteiger partial charge is 0.300 e. The first kappa shape index (κ1) is 25.7. The zero-order valence-electron chi connectivity index (χ0n) is 18.6. The van der Waals surface area contributed by atoms with Gasteiger partial charge in [-0.15, -0.1) is 11.8 Å². The minimum Gasteiger partial charge on any atom is -0.497 e. The molecule has 0 atom stereocenters. The maximum absolute atomic E-state index is 12.3. The number of ether oxygens (including phenoxy) is 3. The third-order valence-corrected chi connectivity index (χ3v) is 6.31. The van der Waals surface area contributed by atoms with Crippen molar-refractivity contribution in [2.45, 2.75) is 11.8 Å². The van der Waals surface area contributed by atoms with E-state index in [1.165, 1.54) is 18.1 Å². The lowest BCUT2D eigenvalue weighted by molar-refractivity contribution is 0.212. The van der Waals surface area contributed by atoms with Crippen LogP contribution in [0.25, 0.3) is 11.4 Å². The molecule has 0 saturated heterocycles. The van der Waals surface area contributed by atoms with Gasteiger partial charge in [0.05, 0.1) is 12.1 Å². The van der Waals surface area contributed by atoms with Gasteiger partial charge in [0.1, 0.15) is 36.6 Å². The van der Waals surface area contributed by atoms with E-state index in [1.54, 1.807) is 44.6 Å². The fourth-order valence-electron chi connectivity index (χ4n) is 2.67. The summed E-state index contributed by atoms with van der Waals surface area (Å²) in [6, 6.07) is 5.04. The van der Waals surface area contributed by atoms with Crippen LogP contribution < -0.4 is 23.7 Å². The van der Waals surface area contributed by atoms with E-state index in [4.69, 9.17) is 25.8 Å². The zero-order valence-corrected chi connectivity index (χ0v) is 21.0. The first-order valence-electron chi connectivity index (χ1n) is 9.94. The van der Waals surface area contributed by atoms with E-state index in [2.05, 4.69) is 29.4 Å². The summed E-state index contributed by atoms with van der Waals surface area (Å²) < 4.78 is 45.9. The summed E-state index contributed by atoms with van der Waals surface area (Å²) in [5.74, 6) is 1.28. The van der Waals surface area contributed by atoms with Gasteiger partial charge in [-0.05, 0) is 18.4 Å². The average molecular weight is 527 g/mol. The molecular weight excluding hydrogens is 504 g/mol. The number of hydrogen-bond acceptors (Lipinski definition) is 10. The molecule has 0 aliphatic carbocycles. The van der Waals surface area contributed by atoms with E-state index >= 15 is 0 Å². The molecule has 2 N–H and O–H groups in total. The summed E-state index contributed by atoms with van der Waals surface area (Å²) in [5, 5.41) is 0.422. The van der Waals surface area contributed by atoms with E-state index in [0.717, 1.165) is 4.90 Å². The fourth-order valence-corrected chi connectivity index (χ4v) is 4.02. The van der Waals surface area contributed by atoms with Crippen LogP contribution in [0.2, 0.25) is 5.02 Å². The van der Waals surface area contributed by atoms with Crippen LogP contribution in [-0.2, 0) is 10.2 Å². The molecule has 0 amide bonds. The van der Waals surface area contributed by atoms with Gasteiger partial charge in [-0.2, -0.15) is 13.1 Å². The highest BCUT2D eigenvalue weighted by molar-refractivity contribution is 7.98. The molecule has 3 rings (SSSR count). The van der Waals surface area contributed by atoms with Crippen LogP contribution >= 0.6 is 23.4 Å². The molecule has 0 bridgehead atoms. The number of thioether (sulfide) groups is 1. The number of nitrogens with one attached hydrogen (secondary N) is 2. The van der Waals surface area contributed by atoms with Crippen LogP contribution in [0.3, 0.4) is 0 Å². The molecule has 34 heavy (non-hydrogen) atoms. The Hall–Kier alpha value is -2.87. The molecule has 2 aromatic heterocycles. The van der Waals surface area contributed by atoms with E-state index in [1.807, 2.05) is 6.26 Å². The molecule has 0 spiro atoms. The van der Waals surface area contributed by atoms with Gasteiger partial charge in [0.2, 0.25) is 5.88 Å². The van der Waals surface area contributed by atoms with Crippen molar-refractivity contribution < 1.29 is 22.6 Å². The van der Waals surface area contributed by atoms with E-state index in [-0.39, 0.29) is 42.8 Å². The van der Waals surface area contributed by atoms with Gasteiger partial charge in [-0.1, -0.05) is 18.5 Å². The first-order valence-corrected chi connectivity index (χ1v) is 13.0. The largest absolute Gasteiger partial charge is 0.497 e. The van der Waals surface area contributed by atoms with Crippen molar-refractivity contribution in [3.63, 3.8) is 0 Å². The maximum atomic E-state index is 12.3. The van der Waals surface area contributed by atoms with E-state index in [0.29, 0.717) is 16.5 Å². The Morgan fingerprint density at radius 2 is 1.82 bits per heavy atom. The molecule has 14 heteroatoms. The minimum atomic E-state index is -3.87. The van der Waals surface area contributed by atoms with Gasteiger partial charge in [-0.25, -0.2) is 19.9 Å². The number of benzene rings is 1. The van der Waals surface area contributed by atoms with Gasteiger partial charge in [0.15, 0.2) is 11.6 Å². The van der Waals surface area contributed by atoms with Gasteiger partial charge >= 0.3 is 0 Å². The maximum Gasteiger partial charge on any atom is 0.300 e. The number of nitrogens with zero attached hydrogens (tertiary/aromatic N) is 4. The number of aromatic nitrogens is 4. The number of rotatable bonds is 12. The fraction of sp³-hybridized carbons (Fsp3) is 0.300. The highest BCUT2D eigenvalue weighted by Crippen LogP contribution is 2.33. The van der Waals surface area contributed by atoms with Crippen molar-refractivity contribution in [1.29, 1.82) is 0 Å². The predicted octanol–water partition coefficient (Wildman–Crippen LogP) is 3.04. The summed E-state index contributed by atoms with van der Waals surface area (Å²) in [6.07, 6.45) is 6.29. The van der Waals surface area contributed by atoms with Crippen molar-refractivity contribution in [3.05, 3.63) is 41.9 Å². The Labute approximate surface area is 206 Å². The van der Waals surface area contributed by atoms with Crippen LogP contribution in [0.1, 0.15) is 6.92 Å². The lowest BCUT2D eigenvalue weighted by Crippen LogP contribution is -2.30. The summed E-state index contributed by atoms with van der Waals surface area (Å²) >= 11 is 7.63. The van der Waals surface area contributed by atoms with E-state index < -0.39 is 10.2 Å². The van der Waals surface area contributed by atoms with Crippen LogP contribution in [0.5, 0.6) is 17.4 Å². The number of methoxy groups -OCH3 is 1. The molecule has 2 heterocycles. The molecule has 0 fully saturated rings. The van der Waals surface area contributed by atoms with E-state index in [9.17, 15) is 8.42 Å². The second kappa shape index (κ2) is 12.0. The Balaban J connectivity index is 1.83. The van der Waals surface area contributed by atoms with Gasteiger partial charge in [-0.3, -0.25) is 4.72 Å². The van der Waals surface area contributed by atoms with Crippen molar-refractivity contribution >= 4 is 39.4 Å². The highest BCUT2D eigenvalue weighted by Gasteiger charge is 2.21. The second-order valence-electron chi connectivity index (χ2n) is 6.45. The summed E-state index contributed by atoms with van der Waals surface area (Å²) in [6.45, 7) is 2.05. The number of hydrogen-bond donors (Lipinski definition) is 2. The van der Waals surface area contributed by atoms with Crippen molar-refractivity contribution in [1.82, 2.24) is 24.7 Å². The summed E-state index contributed by atoms with van der Waals surface area (Å²) in [5.41, 5.74) is 0.191. The molecule has 182 valence electrons. The Morgan fingerprint density at radius 3 is 2.50 bits per heavy atom. The average Bonchev–Trinajstić information content (AvgIpc) is 2.83. The van der Waals surface area contributed by atoms with Crippen molar-refractivity contribution in [2.75, 3.05) is 37.8 Å². The third kappa shape index (κ3) is 6.82. The van der Waals surface area contributed by atoms with Crippen LogP contribution in [-0.4, -0.2) is 61.5 Å². The van der Waals surface area contributed by atoms with Crippen molar-refractivity contribution in [3.8, 4) is 28.8 Å². The molecule has 0 radical (unpaired) electrons. The van der Waals surface area contributed by atoms with Gasteiger partial charge in [0.25, 0.3) is 10.2 Å². The molecular formula is C20H23ClN6O5S2. The second-order valence-corrected chi connectivity index (χ2v) is 9.23. The standard InChI is InChI=1S/C20H23ClN6O5S2/c1-4-26-34(28,29)27-19-17(18-22-10-14(33-3)11-23-18)20(25-12-24-19)32-8-7-31-16-9-13(30-2)5-6-15(16)21/h5-6,9-12,26H,4,7-8H2,1-3H3,(H,24,25,27). The van der Waals surface area contributed by atoms with Crippen molar-refractivity contribution in [2.24, 2.45) is 0 Å². The molecule has 0 unspecified atom stereocenters. The molecule has 11 nitrogen and oxygen atoms in total. The Kier molecular flexibility index (Phi) is 9.10. The topological polar surface area (TPSA) is 137 Å². The van der Waals surface area contributed by atoms with Crippen LogP contribution in [0.15, 0.2) is 41.8 Å². The third-order valence-electron chi connectivity index (χ3n) is 4.18. The lowest BCUT2D eigenvalue weighted by atomic mass is 10.2. The first-order chi connectivity index (χ1) is 16.4. The summed E-state index contributed by atoms with van der Waals surface area (Å²) in [4.78, 5) is 17.7. The Bertz CT molecular complexity index is 1210. The normalized spacial score (nSPS) is 11.2. The van der Waals surface area contributed by atoms with Gasteiger partial charge in [0, 0.05) is 29.9 Å².